The highest BCUT2D eigenvalue weighted by atomic mass is 79.9. The molecule has 0 N–H and O–H groups in total. The van der Waals surface area contributed by atoms with Crippen LogP contribution in [-0.2, 0) is 9.53 Å². The quantitative estimate of drug-likeness (QED) is 0.224. The van der Waals surface area contributed by atoms with Crippen molar-refractivity contribution >= 4 is 21.9 Å². The Morgan fingerprint density at radius 1 is 1.24 bits per heavy atom. The van der Waals surface area contributed by atoms with Crippen LogP contribution < -0.4 is 0 Å². The summed E-state index contributed by atoms with van der Waals surface area (Å²) in [7, 11) is 0. The van der Waals surface area contributed by atoms with Gasteiger partial charge in [0.2, 0.25) is 0 Å². The maximum Gasteiger partial charge on any atom is 0.331 e. The Kier molecular flexibility index (Phi) is 12.7. The summed E-state index contributed by atoms with van der Waals surface area (Å²) in [6.07, 6.45) is 10.1. The SMILES string of the molecule is CCCCCCCCOC(=O)/C=C/C#CCBr. The molecule has 0 heterocycles. The largest absolute Gasteiger partial charge is 0.463 e. The molecule has 0 amide bonds. The van der Waals surface area contributed by atoms with E-state index in [1.807, 2.05) is 0 Å². The van der Waals surface area contributed by atoms with Gasteiger partial charge in [-0.1, -0.05) is 66.8 Å². The minimum absolute atomic E-state index is 0.303. The summed E-state index contributed by atoms with van der Waals surface area (Å²) in [5.41, 5.74) is 0. The second kappa shape index (κ2) is 13.3. The summed E-state index contributed by atoms with van der Waals surface area (Å²) >= 11 is 3.17. The van der Waals surface area contributed by atoms with Crippen molar-refractivity contribution in [3.8, 4) is 11.8 Å². The smallest absolute Gasteiger partial charge is 0.331 e. The summed E-state index contributed by atoms with van der Waals surface area (Å²) < 4.78 is 5.02. The molecule has 0 saturated carbocycles. The fraction of sp³-hybridized carbons (Fsp3) is 0.643. The Balaban J connectivity index is 3.36. The van der Waals surface area contributed by atoms with Gasteiger partial charge in [-0.3, -0.25) is 0 Å². The molecule has 0 aromatic heterocycles. The van der Waals surface area contributed by atoms with Gasteiger partial charge in [-0.15, -0.1) is 0 Å². The van der Waals surface area contributed by atoms with Gasteiger partial charge in [0.15, 0.2) is 0 Å². The summed E-state index contributed by atoms with van der Waals surface area (Å²) in [6, 6.07) is 0. The van der Waals surface area contributed by atoms with Crippen LogP contribution in [0.1, 0.15) is 45.4 Å². The van der Waals surface area contributed by atoms with Gasteiger partial charge in [0.1, 0.15) is 0 Å². The van der Waals surface area contributed by atoms with Crippen molar-refractivity contribution < 1.29 is 9.53 Å². The zero-order valence-corrected chi connectivity index (χ0v) is 12.1. The minimum atomic E-state index is -0.303. The van der Waals surface area contributed by atoms with Crippen molar-refractivity contribution in [1.82, 2.24) is 0 Å². The molecule has 0 aromatic carbocycles. The molecule has 0 bridgehead atoms. The van der Waals surface area contributed by atoms with E-state index in [0.29, 0.717) is 11.9 Å². The van der Waals surface area contributed by atoms with Crippen LogP contribution in [0.2, 0.25) is 0 Å². The Hall–Kier alpha value is -0.750. The second-order valence-electron chi connectivity index (χ2n) is 3.72. The molecular formula is C14H21BrO2. The lowest BCUT2D eigenvalue weighted by atomic mass is 10.1. The fourth-order valence-corrected chi connectivity index (χ4v) is 1.47. The van der Waals surface area contributed by atoms with Crippen molar-refractivity contribution in [3.63, 3.8) is 0 Å². The van der Waals surface area contributed by atoms with Gasteiger partial charge >= 0.3 is 5.97 Å². The van der Waals surface area contributed by atoms with E-state index in [0.717, 1.165) is 12.8 Å². The van der Waals surface area contributed by atoms with E-state index in [-0.39, 0.29) is 5.97 Å². The van der Waals surface area contributed by atoms with Gasteiger partial charge in [0.25, 0.3) is 0 Å². The van der Waals surface area contributed by atoms with Crippen LogP contribution in [0.3, 0.4) is 0 Å². The number of hydrogen-bond acceptors (Lipinski definition) is 2. The lowest BCUT2D eigenvalue weighted by Gasteiger charge is -2.01. The Morgan fingerprint density at radius 3 is 2.65 bits per heavy atom. The lowest BCUT2D eigenvalue weighted by molar-refractivity contribution is -0.137. The van der Waals surface area contributed by atoms with E-state index in [9.17, 15) is 4.79 Å². The first-order chi connectivity index (χ1) is 8.31. The number of allylic oxidation sites excluding steroid dienone is 1. The number of alkyl halides is 1. The molecule has 96 valence electrons. The predicted octanol–water partition coefficient (Wildman–Crippen LogP) is 3.84. The third kappa shape index (κ3) is 13.2. The highest BCUT2D eigenvalue weighted by Crippen LogP contribution is 2.04. The van der Waals surface area contributed by atoms with Crippen molar-refractivity contribution in [2.45, 2.75) is 45.4 Å². The van der Waals surface area contributed by atoms with Gasteiger partial charge in [0.05, 0.1) is 11.9 Å². The number of halogens is 1. The van der Waals surface area contributed by atoms with E-state index in [1.54, 1.807) is 0 Å². The monoisotopic (exact) mass is 300 g/mol. The predicted molar refractivity (Wildman–Crippen MR) is 75.0 cm³/mol. The number of unbranched alkanes of at least 4 members (excludes halogenated alkanes) is 5. The number of carbonyl (C=O) groups is 1. The first-order valence-electron chi connectivity index (χ1n) is 6.19. The zero-order valence-electron chi connectivity index (χ0n) is 10.5. The third-order valence-electron chi connectivity index (χ3n) is 2.21. The molecule has 0 aliphatic heterocycles. The number of rotatable bonds is 8. The van der Waals surface area contributed by atoms with E-state index >= 15 is 0 Å². The van der Waals surface area contributed by atoms with Gasteiger partial charge < -0.3 is 4.74 Å². The van der Waals surface area contributed by atoms with Crippen LogP contribution in [0, 0.1) is 11.8 Å². The normalized spacial score (nSPS) is 10.0. The average Bonchev–Trinajstić information content (AvgIpc) is 2.33. The molecule has 2 nitrogen and oxygen atoms in total. The molecule has 0 aromatic rings. The molecule has 0 unspecified atom stereocenters. The Morgan fingerprint density at radius 2 is 1.94 bits per heavy atom. The topological polar surface area (TPSA) is 26.3 Å². The van der Waals surface area contributed by atoms with Gasteiger partial charge in [-0.05, 0) is 12.5 Å². The molecule has 0 saturated heterocycles. The van der Waals surface area contributed by atoms with Crippen LogP contribution in [0.5, 0.6) is 0 Å². The highest BCUT2D eigenvalue weighted by Gasteiger charge is 1.95. The van der Waals surface area contributed by atoms with Crippen LogP contribution in [0.25, 0.3) is 0 Å². The number of hydrogen-bond donors (Lipinski definition) is 0. The Labute approximate surface area is 113 Å². The molecular weight excluding hydrogens is 280 g/mol. The maximum atomic E-state index is 11.2. The molecule has 0 radical (unpaired) electrons. The first-order valence-corrected chi connectivity index (χ1v) is 7.31. The van der Waals surface area contributed by atoms with Crippen LogP contribution in [0.15, 0.2) is 12.2 Å². The standard InChI is InChI=1S/C14H21BrO2/c1-2-3-4-5-6-10-13-17-14(16)11-8-7-9-12-15/h8,11H,2-6,10,12-13H2,1H3/b11-8+. The number of carbonyl (C=O) groups excluding carboxylic acids is 1. The average molecular weight is 301 g/mol. The highest BCUT2D eigenvalue weighted by molar-refractivity contribution is 9.09. The minimum Gasteiger partial charge on any atom is -0.463 e. The van der Waals surface area contributed by atoms with E-state index < -0.39 is 0 Å². The number of esters is 1. The molecule has 0 fully saturated rings. The summed E-state index contributed by atoms with van der Waals surface area (Å²) in [5, 5.41) is 0.615. The summed E-state index contributed by atoms with van der Waals surface area (Å²) in [5.74, 6) is 5.18. The second-order valence-corrected chi connectivity index (χ2v) is 4.28. The van der Waals surface area contributed by atoms with Crippen LogP contribution in [0.4, 0.5) is 0 Å². The number of ether oxygens (including phenoxy) is 1. The molecule has 0 rings (SSSR count). The third-order valence-corrected chi connectivity index (χ3v) is 2.49. The maximum absolute atomic E-state index is 11.2. The van der Waals surface area contributed by atoms with Crippen LogP contribution in [-0.4, -0.2) is 17.9 Å². The van der Waals surface area contributed by atoms with Gasteiger partial charge in [0, 0.05) is 6.08 Å². The van der Waals surface area contributed by atoms with E-state index in [4.69, 9.17) is 4.74 Å². The molecule has 3 heteroatoms. The molecule has 0 aliphatic rings. The lowest BCUT2D eigenvalue weighted by Crippen LogP contribution is -2.02. The van der Waals surface area contributed by atoms with Crippen molar-refractivity contribution in [3.05, 3.63) is 12.2 Å². The van der Waals surface area contributed by atoms with E-state index in [2.05, 4.69) is 34.7 Å². The Bertz CT molecular complexity index is 274. The fourth-order valence-electron chi connectivity index (χ4n) is 1.31. The van der Waals surface area contributed by atoms with Crippen LogP contribution >= 0.6 is 15.9 Å². The molecule has 0 spiro atoms. The van der Waals surface area contributed by atoms with Gasteiger partial charge in [-0.25, -0.2) is 4.79 Å². The van der Waals surface area contributed by atoms with Crippen molar-refractivity contribution in [1.29, 1.82) is 0 Å². The van der Waals surface area contributed by atoms with Gasteiger partial charge in [-0.2, -0.15) is 0 Å². The molecule has 0 aliphatic carbocycles. The van der Waals surface area contributed by atoms with E-state index in [1.165, 1.54) is 37.8 Å². The van der Waals surface area contributed by atoms with Crippen molar-refractivity contribution in [2.24, 2.45) is 0 Å². The molecule has 17 heavy (non-hydrogen) atoms. The first kappa shape index (κ1) is 16.2. The molecule has 0 atom stereocenters. The van der Waals surface area contributed by atoms with Crippen molar-refractivity contribution in [2.75, 3.05) is 11.9 Å². The zero-order chi connectivity index (χ0) is 12.8. The summed E-state index contributed by atoms with van der Waals surface area (Å²) in [4.78, 5) is 11.2. The summed E-state index contributed by atoms with van der Waals surface area (Å²) in [6.45, 7) is 2.72.